The van der Waals surface area contributed by atoms with Crippen molar-refractivity contribution in [1.29, 1.82) is 0 Å². The Bertz CT molecular complexity index is 157. The molecule has 2 heteroatoms. The molecule has 2 fully saturated rings. The second-order valence-corrected chi connectivity index (χ2v) is 4.98. The zero-order valence-corrected chi connectivity index (χ0v) is 7.62. The Balaban J connectivity index is 2.25. The second kappa shape index (κ2) is 2.04. The van der Waals surface area contributed by atoms with Gasteiger partial charge < -0.3 is 0 Å². The minimum absolute atomic E-state index is 0.230. The first kappa shape index (κ1) is 7.24. The van der Waals surface area contributed by atoms with Crippen molar-refractivity contribution in [2.24, 2.45) is 11.3 Å². The van der Waals surface area contributed by atoms with Gasteiger partial charge in [0.25, 0.3) is 0 Å². The van der Waals surface area contributed by atoms with E-state index in [4.69, 9.17) is 23.2 Å². The third kappa shape index (κ3) is 0.753. The Morgan fingerprint density at radius 3 is 2.40 bits per heavy atom. The maximum absolute atomic E-state index is 6.17. The van der Waals surface area contributed by atoms with Gasteiger partial charge in [0.2, 0.25) is 0 Å². The Kier molecular flexibility index (Phi) is 1.48. The van der Waals surface area contributed by atoms with E-state index >= 15 is 0 Å². The molecule has 2 saturated carbocycles. The molecule has 0 heterocycles. The van der Waals surface area contributed by atoms with Crippen LogP contribution in [0, 0.1) is 11.3 Å². The van der Waals surface area contributed by atoms with Crippen LogP contribution in [-0.2, 0) is 0 Å². The summed E-state index contributed by atoms with van der Waals surface area (Å²) >= 11 is 12.3. The molecule has 0 saturated heterocycles. The van der Waals surface area contributed by atoms with E-state index in [1.54, 1.807) is 0 Å². The van der Waals surface area contributed by atoms with Crippen molar-refractivity contribution in [1.82, 2.24) is 0 Å². The Morgan fingerprint density at radius 1 is 1.40 bits per heavy atom. The van der Waals surface area contributed by atoms with Gasteiger partial charge in [0.05, 0.1) is 10.8 Å². The van der Waals surface area contributed by atoms with Crippen LogP contribution in [0.4, 0.5) is 0 Å². The van der Waals surface area contributed by atoms with E-state index in [0.29, 0.717) is 11.3 Å². The Hall–Kier alpha value is 0.580. The Morgan fingerprint density at radius 2 is 2.10 bits per heavy atom. The van der Waals surface area contributed by atoms with E-state index in [9.17, 15) is 0 Å². The number of rotatable bonds is 0. The highest BCUT2D eigenvalue weighted by atomic mass is 35.5. The lowest BCUT2D eigenvalue weighted by Crippen LogP contribution is -2.29. The van der Waals surface area contributed by atoms with Gasteiger partial charge in [0.15, 0.2) is 0 Å². The van der Waals surface area contributed by atoms with Crippen LogP contribution in [0.25, 0.3) is 0 Å². The largest absolute Gasteiger partial charge is 0.121 e. The maximum atomic E-state index is 6.17. The summed E-state index contributed by atoms with van der Waals surface area (Å²) in [4.78, 5) is 0. The maximum Gasteiger partial charge on any atom is 0.0556 e. The fourth-order valence-electron chi connectivity index (χ4n) is 2.46. The standard InChI is InChI=1S/C8H12Cl2/c1-8-3-2-5(4-8)6(9)7(8)10/h5-7H,2-4H2,1H3. The van der Waals surface area contributed by atoms with Gasteiger partial charge >= 0.3 is 0 Å². The van der Waals surface area contributed by atoms with Crippen LogP contribution in [0.2, 0.25) is 0 Å². The van der Waals surface area contributed by atoms with Crippen molar-refractivity contribution < 1.29 is 0 Å². The lowest BCUT2D eigenvalue weighted by molar-refractivity contribution is 0.342. The van der Waals surface area contributed by atoms with Crippen molar-refractivity contribution in [2.75, 3.05) is 0 Å². The quantitative estimate of drug-likeness (QED) is 0.501. The fraction of sp³-hybridized carbons (Fsp3) is 1.00. The molecule has 0 aromatic heterocycles. The van der Waals surface area contributed by atoms with Gasteiger partial charge in [-0.15, -0.1) is 23.2 Å². The molecule has 4 atom stereocenters. The van der Waals surface area contributed by atoms with Crippen LogP contribution < -0.4 is 0 Å². The minimum atomic E-state index is 0.230. The van der Waals surface area contributed by atoms with E-state index in [2.05, 4.69) is 6.92 Å². The van der Waals surface area contributed by atoms with Crippen LogP contribution in [0.3, 0.4) is 0 Å². The molecule has 0 nitrogen and oxygen atoms in total. The van der Waals surface area contributed by atoms with Gasteiger partial charge in [-0.2, -0.15) is 0 Å². The monoisotopic (exact) mass is 178 g/mol. The van der Waals surface area contributed by atoms with Gasteiger partial charge in [-0.05, 0) is 30.6 Å². The molecule has 2 aliphatic rings. The topological polar surface area (TPSA) is 0 Å². The first-order chi connectivity index (χ1) is 4.63. The van der Waals surface area contributed by atoms with Crippen molar-refractivity contribution in [3.05, 3.63) is 0 Å². The van der Waals surface area contributed by atoms with E-state index in [1.807, 2.05) is 0 Å². The average molecular weight is 179 g/mol. The molecular weight excluding hydrogens is 167 g/mol. The molecule has 0 spiro atoms. The first-order valence-electron chi connectivity index (χ1n) is 3.92. The van der Waals surface area contributed by atoms with Crippen molar-refractivity contribution >= 4 is 23.2 Å². The van der Waals surface area contributed by atoms with Crippen LogP contribution in [0.1, 0.15) is 26.2 Å². The summed E-state index contributed by atoms with van der Waals surface area (Å²) in [6.45, 7) is 2.27. The molecule has 0 aromatic carbocycles. The molecule has 2 bridgehead atoms. The summed E-state index contributed by atoms with van der Waals surface area (Å²) in [6.07, 6.45) is 3.85. The molecule has 10 heavy (non-hydrogen) atoms. The van der Waals surface area contributed by atoms with Crippen molar-refractivity contribution in [3.8, 4) is 0 Å². The lowest BCUT2D eigenvalue weighted by atomic mass is 9.86. The number of alkyl halides is 2. The predicted octanol–water partition coefficient (Wildman–Crippen LogP) is 3.02. The highest BCUT2D eigenvalue weighted by molar-refractivity contribution is 6.31. The second-order valence-electron chi connectivity index (χ2n) is 4.00. The summed E-state index contributed by atoms with van der Waals surface area (Å²) in [7, 11) is 0. The SMILES string of the molecule is CC12CCC(C1)C(Cl)C2Cl. The van der Waals surface area contributed by atoms with Gasteiger partial charge in [0, 0.05) is 0 Å². The third-order valence-corrected chi connectivity index (χ3v) is 4.75. The first-order valence-corrected chi connectivity index (χ1v) is 4.79. The zero-order chi connectivity index (χ0) is 7.35. The number of hydrogen-bond acceptors (Lipinski definition) is 0. The van der Waals surface area contributed by atoms with E-state index < -0.39 is 0 Å². The smallest absolute Gasteiger partial charge is 0.0556 e. The lowest BCUT2D eigenvalue weighted by Gasteiger charge is -2.28. The molecule has 0 amide bonds. The summed E-state index contributed by atoms with van der Waals surface area (Å²) in [5, 5.41) is 0.480. The van der Waals surface area contributed by atoms with Crippen LogP contribution >= 0.6 is 23.2 Å². The average Bonchev–Trinajstić information content (AvgIpc) is 2.35. The van der Waals surface area contributed by atoms with Crippen LogP contribution in [0.15, 0.2) is 0 Å². The summed E-state index contributed by atoms with van der Waals surface area (Å²) in [5.41, 5.74) is 0.374. The molecule has 2 rings (SSSR count). The normalized spacial score (nSPS) is 59.7. The zero-order valence-electron chi connectivity index (χ0n) is 6.11. The van der Waals surface area contributed by atoms with Crippen LogP contribution in [0.5, 0.6) is 0 Å². The van der Waals surface area contributed by atoms with Gasteiger partial charge in [0.1, 0.15) is 0 Å². The molecule has 58 valence electrons. The van der Waals surface area contributed by atoms with Gasteiger partial charge in [-0.3, -0.25) is 0 Å². The summed E-state index contributed by atoms with van der Waals surface area (Å²) < 4.78 is 0. The van der Waals surface area contributed by atoms with E-state index in [-0.39, 0.29) is 10.8 Å². The molecule has 0 radical (unpaired) electrons. The highest BCUT2D eigenvalue weighted by Gasteiger charge is 2.53. The van der Waals surface area contributed by atoms with Gasteiger partial charge in [-0.1, -0.05) is 6.92 Å². The Labute approximate surface area is 71.9 Å². The number of fused-ring (bicyclic) bond motifs is 2. The summed E-state index contributed by atoms with van der Waals surface area (Å²) in [6, 6.07) is 0. The van der Waals surface area contributed by atoms with Crippen molar-refractivity contribution in [3.63, 3.8) is 0 Å². The molecule has 0 N–H and O–H groups in total. The summed E-state index contributed by atoms with van der Waals surface area (Å²) in [5.74, 6) is 0.717. The fourth-order valence-corrected chi connectivity index (χ4v) is 3.39. The molecule has 4 unspecified atom stereocenters. The predicted molar refractivity (Wildman–Crippen MR) is 44.7 cm³/mol. The minimum Gasteiger partial charge on any atom is -0.121 e. The van der Waals surface area contributed by atoms with E-state index in [0.717, 1.165) is 0 Å². The third-order valence-electron chi connectivity index (χ3n) is 3.21. The molecule has 2 aliphatic carbocycles. The van der Waals surface area contributed by atoms with Crippen molar-refractivity contribution in [2.45, 2.75) is 36.9 Å². The van der Waals surface area contributed by atoms with Gasteiger partial charge in [-0.25, -0.2) is 0 Å². The molecular formula is C8H12Cl2. The highest BCUT2D eigenvalue weighted by Crippen LogP contribution is 2.57. The molecule has 0 aliphatic heterocycles. The number of hydrogen-bond donors (Lipinski definition) is 0. The van der Waals surface area contributed by atoms with E-state index in [1.165, 1.54) is 19.3 Å². The molecule has 0 aromatic rings. The number of halogens is 2. The van der Waals surface area contributed by atoms with Crippen LogP contribution in [-0.4, -0.2) is 10.8 Å².